The summed E-state index contributed by atoms with van der Waals surface area (Å²) in [5.74, 6) is 1.30. The van der Waals surface area contributed by atoms with E-state index in [9.17, 15) is 0 Å². The summed E-state index contributed by atoms with van der Waals surface area (Å²) in [4.78, 5) is 0. The topological polar surface area (TPSA) is 37.8 Å². The highest BCUT2D eigenvalue weighted by Gasteiger charge is 2.22. The minimum Gasteiger partial charge on any atom is -0.356 e. The summed E-state index contributed by atoms with van der Waals surface area (Å²) < 4.78 is 0. The Morgan fingerprint density at radius 2 is 2.29 bits per heavy atom. The predicted molar refractivity (Wildman–Crippen MR) is 63.2 cm³/mol. The van der Waals surface area contributed by atoms with Crippen LogP contribution in [-0.4, -0.2) is 27.2 Å². The summed E-state index contributed by atoms with van der Waals surface area (Å²) in [6.07, 6.45) is 2.57. The van der Waals surface area contributed by atoms with Gasteiger partial charge in [0, 0.05) is 11.3 Å². The smallest absolute Gasteiger partial charge is 0.205 e. The van der Waals surface area contributed by atoms with Gasteiger partial charge in [-0.15, -0.1) is 10.2 Å². The third-order valence-corrected chi connectivity index (χ3v) is 4.59. The molecule has 2 atom stereocenters. The van der Waals surface area contributed by atoms with Crippen LogP contribution in [0.3, 0.4) is 0 Å². The monoisotopic (exact) mass is 229 g/mol. The van der Waals surface area contributed by atoms with Crippen molar-refractivity contribution >= 4 is 28.2 Å². The van der Waals surface area contributed by atoms with Gasteiger partial charge in [0.05, 0.1) is 0 Å². The molecule has 1 aliphatic rings. The summed E-state index contributed by atoms with van der Waals surface area (Å²) in [6.45, 7) is 4.28. The molecule has 2 rings (SSSR count). The average molecular weight is 229 g/mol. The first-order chi connectivity index (χ1) is 6.75. The Bertz CT molecular complexity index is 300. The van der Waals surface area contributed by atoms with Gasteiger partial charge in [-0.25, -0.2) is 0 Å². The van der Waals surface area contributed by atoms with Crippen molar-refractivity contribution in [1.29, 1.82) is 0 Å². The van der Waals surface area contributed by atoms with Crippen molar-refractivity contribution in [3.63, 3.8) is 0 Å². The zero-order valence-corrected chi connectivity index (χ0v) is 10.1. The van der Waals surface area contributed by atoms with Gasteiger partial charge >= 0.3 is 0 Å². The Balaban J connectivity index is 1.95. The van der Waals surface area contributed by atoms with E-state index in [-0.39, 0.29) is 0 Å². The van der Waals surface area contributed by atoms with Crippen LogP contribution in [-0.2, 0) is 0 Å². The Morgan fingerprint density at radius 3 is 2.93 bits per heavy atom. The van der Waals surface area contributed by atoms with E-state index in [0.29, 0.717) is 11.3 Å². The van der Waals surface area contributed by atoms with Crippen LogP contribution in [0.25, 0.3) is 0 Å². The van der Waals surface area contributed by atoms with Crippen LogP contribution in [0.2, 0.25) is 0 Å². The first kappa shape index (κ1) is 10.2. The minimum absolute atomic E-state index is 0.570. The van der Waals surface area contributed by atoms with Crippen molar-refractivity contribution in [3.05, 3.63) is 5.01 Å². The van der Waals surface area contributed by atoms with Crippen molar-refractivity contribution in [1.82, 2.24) is 10.2 Å². The number of aromatic nitrogens is 2. The number of hydrogen-bond acceptors (Lipinski definition) is 5. The molecule has 1 aromatic heterocycles. The van der Waals surface area contributed by atoms with Gasteiger partial charge in [0.15, 0.2) is 0 Å². The lowest BCUT2D eigenvalue weighted by molar-refractivity contribution is 0.616. The van der Waals surface area contributed by atoms with Crippen molar-refractivity contribution < 1.29 is 0 Å². The number of nitrogens with one attached hydrogen (secondary N) is 1. The van der Waals surface area contributed by atoms with Crippen LogP contribution in [0.1, 0.15) is 24.8 Å². The van der Waals surface area contributed by atoms with Crippen LogP contribution >= 0.6 is 23.1 Å². The van der Waals surface area contributed by atoms with E-state index in [0.717, 1.165) is 10.1 Å². The second-order valence-electron chi connectivity index (χ2n) is 3.60. The molecule has 2 unspecified atom stereocenters. The predicted octanol–water partition coefficient (Wildman–Crippen LogP) is 2.54. The van der Waals surface area contributed by atoms with Gasteiger partial charge in [-0.1, -0.05) is 18.3 Å². The zero-order valence-electron chi connectivity index (χ0n) is 8.49. The fraction of sp³-hybridized carbons (Fsp3) is 0.778. The molecule has 0 spiro atoms. The van der Waals surface area contributed by atoms with Gasteiger partial charge in [0.2, 0.25) is 5.13 Å². The molecule has 0 saturated carbocycles. The van der Waals surface area contributed by atoms with Crippen LogP contribution < -0.4 is 5.32 Å². The van der Waals surface area contributed by atoms with E-state index in [1.807, 2.05) is 18.7 Å². The van der Waals surface area contributed by atoms with E-state index in [1.54, 1.807) is 11.3 Å². The highest BCUT2D eigenvalue weighted by atomic mass is 32.2. The molecule has 1 aliphatic heterocycles. The molecule has 14 heavy (non-hydrogen) atoms. The van der Waals surface area contributed by atoms with Gasteiger partial charge in [-0.3, -0.25) is 0 Å². The highest BCUT2D eigenvalue weighted by molar-refractivity contribution is 8.00. The molecule has 0 aliphatic carbocycles. The summed E-state index contributed by atoms with van der Waals surface area (Å²) in [7, 11) is 0. The lowest BCUT2D eigenvalue weighted by Crippen LogP contribution is -2.32. The Morgan fingerprint density at radius 1 is 1.43 bits per heavy atom. The van der Waals surface area contributed by atoms with Gasteiger partial charge in [0.25, 0.3) is 0 Å². The average Bonchev–Trinajstić information content (AvgIpc) is 2.56. The highest BCUT2D eigenvalue weighted by Crippen LogP contribution is 2.28. The second-order valence-corrected chi connectivity index (χ2v) is 6.26. The molecule has 0 bridgehead atoms. The van der Waals surface area contributed by atoms with Crippen molar-refractivity contribution in [3.8, 4) is 0 Å². The van der Waals surface area contributed by atoms with Gasteiger partial charge in [0.1, 0.15) is 5.01 Å². The first-order valence-electron chi connectivity index (χ1n) is 4.94. The summed E-state index contributed by atoms with van der Waals surface area (Å²) in [5, 5.41) is 14.3. The number of thioether (sulfide) groups is 1. The molecule has 1 aromatic rings. The maximum atomic E-state index is 4.09. The molecule has 0 radical (unpaired) electrons. The number of anilines is 1. The second kappa shape index (κ2) is 4.49. The molecule has 5 heteroatoms. The third kappa shape index (κ3) is 2.39. The fourth-order valence-electron chi connectivity index (χ4n) is 1.63. The normalized spacial score (nSPS) is 27.6. The van der Waals surface area contributed by atoms with Crippen molar-refractivity contribution in [2.75, 3.05) is 11.1 Å². The molecule has 3 nitrogen and oxygen atoms in total. The quantitative estimate of drug-likeness (QED) is 0.845. The van der Waals surface area contributed by atoms with Gasteiger partial charge < -0.3 is 5.32 Å². The van der Waals surface area contributed by atoms with Gasteiger partial charge in [-0.2, -0.15) is 11.8 Å². The molecular weight excluding hydrogens is 214 g/mol. The molecule has 1 N–H and O–H groups in total. The zero-order chi connectivity index (χ0) is 9.97. The van der Waals surface area contributed by atoms with Crippen LogP contribution in [0.5, 0.6) is 0 Å². The molecule has 1 fully saturated rings. The van der Waals surface area contributed by atoms with E-state index < -0.39 is 0 Å². The Hall–Kier alpha value is -0.290. The molecule has 2 heterocycles. The van der Waals surface area contributed by atoms with Crippen LogP contribution in [0, 0.1) is 6.92 Å². The lowest BCUT2D eigenvalue weighted by atomic mass is 10.1. The molecule has 0 aromatic carbocycles. The molecule has 1 saturated heterocycles. The van der Waals surface area contributed by atoms with E-state index in [1.165, 1.54) is 18.6 Å². The Labute approximate surface area is 92.7 Å². The maximum Gasteiger partial charge on any atom is 0.205 e. The summed E-state index contributed by atoms with van der Waals surface area (Å²) in [6, 6.07) is 0.570. The molecule has 0 amide bonds. The number of rotatable bonds is 2. The molecular formula is C9H15N3S2. The lowest BCUT2D eigenvalue weighted by Gasteiger charge is -2.28. The van der Waals surface area contributed by atoms with Crippen molar-refractivity contribution in [2.45, 2.75) is 38.0 Å². The number of nitrogens with zero attached hydrogens (tertiary/aromatic N) is 2. The van der Waals surface area contributed by atoms with E-state index >= 15 is 0 Å². The number of aryl methyl sites for hydroxylation is 1. The maximum absolute atomic E-state index is 4.09. The largest absolute Gasteiger partial charge is 0.356 e. The number of hydrogen-bond donors (Lipinski definition) is 1. The SMILES string of the molecule is Cc1nnc(NC2CCCSC2C)s1. The van der Waals surface area contributed by atoms with E-state index in [2.05, 4.69) is 22.4 Å². The standard InChI is InChI=1S/C9H15N3S2/c1-6-8(4-3-5-13-6)10-9-12-11-7(2)14-9/h6,8H,3-5H2,1-2H3,(H,10,12). The third-order valence-electron chi connectivity index (χ3n) is 2.44. The summed E-state index contributed by atoms with van der Waals surface area (Å²) in [5.41, 5.74) is 0. The molecule has 78 valence electrons. The fourth-order valence-corrected chi connectivity index (χ4v) is 3.42. The van der Waals surface area contributed by atoms with Gasteiger partial charge in [-0.05, 0) is 25.5 Å². The first-order valence-corrected chi connectivity index (χ1v) is 6.80. The van der Waals surface area contributed by atoms with Crippen LogP contribution in [0.4, 0.5) is 5.13 Å². The van der Waals surface area contributed by atoms with Crippen LogP contribution in [0.15, 0.2) is 0 Å². The summed E-state index contributed by atoms with van der Waals surface area (Å²) >= 11 is 3.69. The van der Waals surface area contributed by atoms with Crippen molar-refractivity contribution in [2.24, 2.45) is 0 Å². The minimum atomic E-state index is 0.570. The Kier molecular flexibility index (Phi) is 3.28. The van der Waals surface area contributed by atoms with E-state index in [4.69, 9.17) is 0 Å².